The van der Waals surface area contributed by atoms with Crippen molar-refractivity contribution >= 4 is 49.2 Å². The molecule has 0 radical (unpaired) electrons. The van der Waals surface area contributed by atoms with Crippen LogP contribution in [0.15, 0.2) is 146 Å². The fraction of sp³-hybridized carbons (Fsp3) is 0.0784. The highest BCUT2D eigenvalue weighted by atomic mass is 19.4. The maximum atomic E-state index is 14.7. The summed E-state index contributed by atoms with van der Waals surface area (Å²) in [5, 5.41) is 30.1. The summed E-state index contributed by atoms with van der Waals surface area (Å²) in [5.74, 6) is 0. The lowest BCUT2D eigenvalue weighted by molar-refractivity contribution is -0.138. The van der Waals surface area contributed by atoms with E-state index in [1.54, 1.807) is 72.8 Å². The molecule has 0 saturated heterocycles. The minimum Gasteiger partial charge on any atom is -0.309 e. The van der Waals surface area contributed by atoms with Crippen LogP contribution in [0.4, 0.5) is 26.3 Å². The van der Waals surface area contributed by atoms with Gasteiger partial charge < -0.3 is 9.13 Å². The zero-order valence-electron chi connectivity index (χ0n) is 33.0. The molecular formula is C51H31F6N5. The smallest absolute Gasteiger partial charge is 0.309 e. The van der Waals surface area contributed by atoms with E-state index in [2.05, 4.69) is 24.8 Å². The average molecular weight is 828 g/mol. The van der Waals surface area contributed by atoms with Crippen LogP contribution < -0.4 is 0 Å². The SMILES string of the molecule is C=C(C)c1cc(C#N)ccc1C.N#Cc1ccc2c(c1)c1ccccc1n2-c1cc(-c2ccc(C(F)(F)F)c(-n3c4ccccc4c4cc(C#N)ccc43)c2)ccc1C(F)(F)F. The number of rotatable bonds is 4. The summed E-state index contributed by atoms with van der Waals surface area (Å²) in [4.78, 5) is 0. The van der Waals surface area contributed by atoms with E-state index in [-0.39, 0.29) is 22.5 Å². The van der Waals surface area contributed by atoms with Gasteiger partial charge in [0, 0.05) is 21.5 Å². The molecule has 62 heavy (non-hydrogen) atoms. The monoisotopic (exact) mass is 827 g/mol. The van der Waals surface area contributed by atoms with Crippen LogP contribution in [0.2, 0.25) is 0 Å². The van der Waals surface area contributed by atoms with Gasteiger partial charge in [-0.3, -0.25) is 0 Å². The first kappa shape index (κ1) is 40.7. The normalized spacial score (nSPS) is 11.6. The number of para-hydroxylation sites is 2. The van der Waals surface area contributed by atoms with E-state index in [0.29, 0.717) is 60.3 Å². The van der Waals surface area contributed by atoms with Gasteiger partial charge in [0.25, 0.3) is 0 Å². The van der Waals surface area contributed by atoms with Crippen LogP contribution >= 0.6 is 0 Å². The molecule has 9 rings (SSSR count). The molecular weight excluding hydrogens is 797 g/mol. The molecule has 5 nitrogen and oxygen atoms in total. The quantitative estimate of drug-likeness (QED) is 0.166. The van der Waals surface area contributed by atoms with Gasteiger partial charge in [-0.1, -0.05) is 66.7 Å². The summed E-state index contributed by atoms with van der Waals surface area (Å²) in [5.41, 5.74) is 4.65. The molecule has 7 aromatic carbocycles. The van der Waals surface area contributed by atoms with Crippen molar-refractivity contribution < 1.29 is 26.3 Å². The number of nitriles is 3. The first-order valence-corrected chi connectivity index (χ1v) is 19.1. The van der Waals surface area contributed by atoms with Crippen molar-refractivity contribution in [2.24, 2.45) is 0 Å². The second-order valence-electron chi connectivity index (χ2n) is 14.8. The van der Waals surface area contributed by atoms with Crippen LogP contribution in [-0.2, 0) is 12.4 Å². The number of hydrogen-bond acceptors (Lipinski definition) is 3. The second-order valence-corrected chi connectivity index (χ2v) is 14.8. The van der Waals surface area contributed by atoms with Crippen molar-refractivity contribution in [2.75, 3.05) is 0 Å². The Morgan fingerprint density at radius 2 is 0.871 bits per heavy atom. The molecule has 0 aliphatic carbocycles. The van der Waals surface area contributed by atoms with Crippen molar-refractivity contribution in [1.82, 2.24) is 9.13 Å². The topological polar surface area (TPSA) is 81.2 Å². The number of fused-ring (bicyclic) bond motifs is 6. The first-order chi connectivity index (χ1) is 29.6. The molecule has 302 valence electrons. The number of aromatic nitrogens is 2. The van der Waals surface area contributed by atoms with Crippen LogP contribution in [0.1, 0.15) is 45.9 Å². The number of allylic oxidation sites excluding steroid dienone is 1. The molecule has 2 heterocycles. The molecule has 9 aromatic rings. The summed E-state index contributed by atoms with van der Waals surface area (Å²) in [7, 11) is 0. The Hall–Kier alpha value is -8.07. The molecule has 0 fully saturated rings. The van der Waals surface area contributed by atoms with Gasteiger partial charge in [-0.05, 0) is 121 Å². The Bertz CT molecular complexity index is 3230. The lowest BCUT2D eigenvalue weighted by Crippen LogP contribution is -2.12. The highest BCUT2D eigenvalue weighted by molar-refractivity contribution is 6.11. The molecule has 0 bridgehead atoms. The lowest BCUT2D eigenvalue weighted by Gasteiger charge is -2.19. The van der Waals surface area contributed by atoms with Crippen molar-refractivity contribution in [3.05, 3.63) is 185 Å². The minimum absolute atomic E-state index is 0.215. The summed E-state index contributed by atoms with van der Waals surface area (Å²) in [6.45, 7) is 7.82. The second kappa shape index (κ2) is 15.5. The molecule has 0 atom stereocenters. The summed E-state index contributed by atoms with van der Waals surface area (Å²) in [6.07, 6.45) is -9.54. The van der Waals surface area contributed by atoms with Gasteiger partial charge in [-0.25, -0.2) is 0 Å². The van der Waals surface area contributed by atoms with Crippen molar-refractivity contribution in [2.45, 2.75) is 26.2 Å². The number of halogens is 6. The highest BCUT2D eigenvalue weighted by Gasteiger charge is 2.37. The van der Waals surface area contributed by atoms with Crippen LogP contribution in [0, 0.1) is 40.9 Å². The Morgan fingerprint density at radius 3 is 1.27 bits per heavy atom. The maximum Gasteiger partial charge on any atom is 0.418 e. The molecule has 0 saturated carbocycles. The number of alkyl halides is 6. The zero-order chi connectivity index (χ0) is 44.1. The number of benzene rings is 7. The fourth-order valence-electron chi connectivity index (χ4n) is 8.03. The van der Waals surface area contributed by atoms with Gasteiger partial charge in [0.05, 0.1) is 79.5 Å². The Kier molecular flexibility index (Phi) is 10.2. The van der Waals surface area contributed by atoms with Crippen molar-refractivity contribution in [3.8, 4) is 40.7 Å². The molecule has 11 heteroatoms. The molecule has 0 spiro atoms. The molecule has 0 unspecified atom stereocenters. The Labute approximate surface area is 351 Å². The predicted octanol–water partition coefficient (Wildman–Crippen LogP) is 14.2. The van der Waals surface area contributed by atoms with E-state index in [9.17, 15) is 36.9 Å². The lowest BCUT2D eigenvalue weighted by atomic mass is 9.99. The van der Waals surface area contributed by atoms with Crippen LogP contribution in [-0.4, -0.2) is 9.13 Å². The van der Waals surface area contributed by atoms with Gasteiger partial charge in [0.2, 0.25) is 0 Å². The van der Waals surface area contributed by atoms with E-state index in [4.69, 9.17) is 5.26 Å². The maximum absolute atomic E-state index is 14.7. The Balaban J connectivity index is 0.000000383. The van der Waals surface area contributed by atoms with E-state index in [1.165, 1.54) is 51.1 Å². The van der Waals surface area contributed by atoms with Gasteiger partial charge in [-0.15, -0.1) is 0 Å². The van der Waals surface area contributed by atoms with Gasteiger partial charge >= 0.3 is 12.4 Å². The standard InChI is InChI=1S/C40H20F6N4.C11H11N/c41-39(42,43)31-13-11-25(19-37(31)49-33-7-3-1-5-27(33)29-17-23(21-47)9-15-35(29)49)26-12-14-32(40(44,45)46)38(20-26)50-34-8-4-2-6-28(34)30-18-24(22-48)10-16-36(30)50;1-8(2)11-6-10(7-12)5-4-9(11)3/h1-20H;4-6H,1H2,2-3H3. The minimum atomic E-state index is -4.77. The largest absolute Gasteiger partial charge is 0.418 e. The predicted molar refractivity (Wildman–Crippen MR) is 231 cm³/mol. The van der Waals surface area contributed by atoms with Gasteiger partial charge in [0.15, 0.2) is 0 Å². The number of hydrogen-bond donors (Lipinski definition) is 0. The van der Waals surface area contributed by atoms with Crippen LogP contribution in [0.25, 0.3) is 71.7 Å². The van der Waals surface area contributed by atoms with Gasteiger partial charge in [-0.2, -0.15) is 42.1 Å². The molecule has 0 aliphatic heterocycles. The zero-order valence-corrected chi connectivity index (χ0v) is 33.0. The molecule has 2 aromatic heterocycles. The third kappa shape index (κ3) is 7.18. The summed E-state index contributed by atoms with van der Waals surface area (Å²) in [6, 6.07) is 42.3. The van der Waals surface area contributed by atoms with Crippen molar-refractivity contribution in [3.63, 3.8) is 0 Å². The molecule has 0 aliphatic rings. The fourth-order valence-corrected chi connectivity index (χ4v) is 8.03. The Morgan fingerprint density at radius 1 is 0.484 bits per heavy atom. The first-order valence-electron chi connectivity index (χ1n) is 19.1. The van der Waals surface area contributed by atoms with Crippen molar-refractivity contribution in [1.29, 1.82) is 15.8 Å². The van der Waals surface area contributed by atoms with E-state index in [1.807, 2.05) is 32.0 Å². The number of nitrogens with zero attached hydrogens (tertiary/aromatic N) is 5. The van der Waals surface area contributed by atoms with Crippen LogP contribution in [0.5, 0.6) is 0 Å². The number of aryl methyl sites for hydroxylation is 1. The van der Waals surface area contributed by atoms with E-state index < -0.39 is 23.5 Å². The summed E-state index contributed by atoms with van der Waals surface area (Å²) >= 11 is 0. The van der Waals surface area contributed by atoms with Crippen LogP contribution in [0.3, 0.4) is 0 Å². The third-order valence-corrected chi connectivity index (χ3v) is 10.9. The average Bonchev–Trinajstić information content (AvgIpc) is 3.77. The molecule has 0 N–H and O–H groups in total. The third-order valence-electron chi connectivity index (χ3n) is 10.9. The van der Waals surface area contributed by atoms with E-state index >= 15 is 0 Å². The van der Waals surface area contributed by atoms with Gasteiger partial charge in [0.1, 0.15) is 0 Å². The highest BCUT2D eigenvalue weighted by Crippen LogP contribution is 2.44. The summed E-state index contributed by atoms with van der Waals surface area (Å²) < 4.78 is 91.0. The van der Waals surface area contributed by atoms with E-state index in [0.717, 1.165) is 23.3 Å². The molecule has 0 amide bonds.